The highest BCUT2D eigenvalue weighted by Crippen LogP contribution is 2.48. The molecule has 2 aromatic heterocycles. The monoisotopic (exact) mass is 604 g/mol. The van der Waals surface area contributed by atoms with Gasteiger partial charge in [0.1, 0.15) is 0 Å². The summed E-state index contributed by atoms with van der Waals surface area (Å²) in [5.41, 5.74) is 10.1. The van der Waals surface area contributed by atoms with Crippen LogP contribution in [0.2, 0.25) is 0 Å². The van der Waals surface area contributed by atoms with Gasteiger partial charge in [0.15, 0.2) is 5.65 Å². The number of aryl methyl sites for hydroxylation is 3. The van der Waals surface area contributed by atoms with Crippen molar-refractivity contribution in [2.75, 3.05) is 13.1 Å². The second kappa shape index (κ2) is 15.1. The first-order valence-corrected chi connectivity index (χ1v) is 17.4. The van der Waals surface area contributed by atoms with E-state index in [9.17, 15) is 4.79 Å². The van der Waals surface area contributed by atoms with Gasteiger partial charge in [-0.3, -0.25) is 4.90 Å². The number of fused-ring (bicyclic) bond motifs is 1. The highest BCUT2D eigenvalue weighted by Gasteiger charge is 2.35. The average molecular weight is 605 g/mol. The minimum atomic E-state index is -0.248. The molecule has 1 saturated carbocycles. The number of para-hydroxylation sites is 1. The van der Waals surface area contributed by atoms with E-state index in [1.807, 2.05) is 30.3 Å². The molecule has 2 heterocycles. The topological polar surface area (TPSA) is 51.0 Å². The summed E-state index contributed by atoms with van der Waals surface area (Å²) in [6, 6.07) is 18.6. The predicted octanol–water partition coefficient (Wildman–Crippen LogP) is 8.90. The van der Waals surface area contributed by atoms with Crippen molar-refractivity contribution in [1.82, 2.24) is 19.4 Å². The maximum atomic E-state index is 13.9. The number of aromatic nitrogens is 3. The van der Waals surface area contributed by atoms with Crippen LogP contribution in [0.5, 0.6) is 0 Å². The van der Waals surface area contributed by atoms with E-state index in [0.717, 1.165) is 72.9 Å². The van der Waals surface area contributed by atoms with Gasteiger partial charge in [0.05, 0.1) is 17.1 Å². The minimum absolute atomic E-state index is 0.248. The van der Waals surface area contributed by atoms with E-state index in [0.29, 0.717) is 12.3 Å². The van der Waals surface area contributed by atoms with Crippen molar-refractivity contribution in [2.45, 2.75) is 99.5 Å². The minimum Gasteiger partial charge on any atom is -0.299 e. The SMILES string of the molecule is CC=C(c1c(CC)nc2c(c(CCN(CCC)Cc3ccccc3C)nc(=O)n2-c2ccccc2)c1CC)C1CCC1CCC. The average Bonchev–Trinajstić information content (AvgIpc) is 3.04. The van der Waals surface area contributed by atoms with Gasteiger partial charge in [-0.05, 0) is 98.7 Å². The van der Waals surface area contributed by atoms with E-state index in [4.69, 9.17) is 9.97 Å². The molecule has 0 bridgehead atoms. The van der Waals surface area contributed by atoms with Gasteiger partial charge >= 0.3 is 5.69 Å². The number of pyridine rings is 1. The van der Waals surface area contributed by atoms with E-state index in [-0.39, 0.29) is 5.69 Å². The zero-order valence-corrected chi connectivity index (χ0v) is 28.4. The van der Waals surface area contributed by atoms with E-state index in [1.165, 1.54) is 53.5 Å². The standard InChI is InChI=1S/C40H52N4O/c1-7-17-29-22-23-34(29)32(9-3)37-33(10-4)38-36(24-26-43(25-8-2)27-30-19-16-15-18-28(30)6)42-40(45)44(31-20-13-12-14-21-31)39(38)41-35(37)11-5/h9,12-16,18-21,29,34H,7-8,10-11,17,22-27H2,1-6H3. The molecule has 2 unspecified atom stereocenters. The van der Waals surface area contributed by atoms with Gasteiger partial charge < -0.3 is 0 Å². The lowest BCUT2D eigenvalue weighted by Crippen LogP contribution is -2.30. The first-order chi connectivity index (χ1) is 21.9. The molecule has 0 N–H and O–H groups in total. The number of allylic oxidation sites excluding steroid dienone is 2. The van der Waals surface area contributed by atoms with Crippen LogP contribution in [0.15, 0.2) is 65.5 Å². The fraction of sp³-hybridized carbons (Fsp3) is 0.475. The number of nitrogens with zero attached hydrogens (tertiary/aromatic N) is 4. The van der Waals surface area contributed by atoms with Crippen molar-refractivity contribution in [3.8, 4) is 5.69 Å². The molecule has 45 heavy (non-hydrogen) atoms. The van der Waals surface area contributed by atoms with Gasteiger partial charge in [0, 0.05) is 30.5 Å². The molecule has 5 heteroatoms. The molecule has 2 aromatic carbocycles. The fourth-order valence-electron chi connectivity index (χ4n) is 7.51. The summed E-state index contributed by atoms with van der Waals surface area (Å²) in [4.78, 5) is 26.7. The van der Waals surface area contributed by atoms with Crippen molar-refractivity contribution >= 4 is 16.6 Å². The van der Waals surface area contributed by atoms with Gasteiger partial charge in [-0.15, -0.1) is 0 Å². The van der Waals surface area contributed by atoms with Gasteiger partial charge in [-0.1, -0.05) is 89.1 Å². The van der Waals surface area contributed by atoms with Gasteiger partial charge in [-0.25, -0.2) is 14.3 Å². The molecule has 5 rings (SSSR count). The smallest absolute Gasteiger partial charge is 0.299 e. The lowest BCUT2D eigenvalue weighted by atomic mass is 9.65. The quantitative estimate of drug-likeness (QED) is 0.144. The molecule has 0 amide bonds. The first-order valence-electron chi connectivity index (χ1n) is 17.4. The Morgan fingerprint density at radius 3 is 2.29 bits per heavy atom. The Hall–Kier alpha value is -3.57. The lowest BCUT2D eigenvalue weighted by Gasteiger charge is -2.40. The number of rotatable bonds is 14. The Kier molecular flexibility index (Phi) is 11.0. The van der Waals surface area contributed by atoms with Crippen molar-refractivity contribution in [3.05, 3.63) is 105 Å². The third-order valence-electron chi connectivity index (χ3n) is 9.92. The fourth-order valence-corrected chi connectivity index (χ4v) is 7.51. The maximum absolute atomic E-state index is 13.9. The predicted molar refractivity (Wildman–Crippen MR) is 189 cm³/mol. The van der Waals surface area contributed by atoms with Crippen molar-refractivity contribution in [2.24, 2.45) is 11.8 Å². The third kappa shape index (κ3) is 6.84. The Morgan fingerprint density at radius 1 is 0.911 bits per heavy atom. The van der Waals surface area contributed by atoms with Crippen LogP contribution in [-0.4, -0.2) is 32.5 Å². The van der Waals surface area contributed by atoms with Crippen molar-refractivity contribution < 1.29 is 0 Å². The number of hydrogen-bond acceptors (Lipinski definition) is 4. The summed E-state index contributed by atoms with van der Waals surface area (Å²) in [6.45, 7) is 16.1. The molecule has 0 saturated heterocycles. The third-order valence-corrected chi connectivity index (χ3v) is 9.92. The lowest BCUT2D eigenvalue weighted by molar-refractivity contribution is 0.220. The highest BCUT2D eigenvalue weighted by atomic mass is 16.1. The Bertz CT molecular complexity index is 1690. The van der Waals surface area contributed by atoms with Crippen LogP contribution >= 0.6 is 0 Å². The molecule has 0 spiro atoms. The van der Waals surface area contributed by atoms with Crippen LogP contribution in [0.1, 0.15) is 100 Å². The Balaban J connectivity index is 1.68. The van der Waals surface area contributed by atoms with Crippen LogP contribution in [0.3, 0.4) is 0 Å². The Labute approximate surface area is 270 Å². The molecule has 238 valence electrons. The molecule has 4 aromatic rings. The van der Waals surface area contributed by atoms with Gasteiger partial charge in [0.2, 0.25) is 0 Å². The molecule has 0 radical (unpaired) electrons. The van der Waals surface area contributed by atoms with E-state index < -0.39 is 0 Å². The van der Waals surface area contributed by atoms with Crippen LogP contribution < -0.4 is 5.69 Å². The van der Waals surface area contributed by atoms with E-state index >= 15 is 0 Å². The maximum Gasteiger partial charge on any atom is 0.354 e. The zero-order valence-electron chi connectivity index (χ0n) is 28.4. The van der Waals surface area contributed by atoms with Crippen LogP contribution in [0.25, 0.3) is 22.3 Å². The normalized spacial score (nSPS) is 16.8. The summed E-state index contributed by atoms with van der Waals surface area (Å²) in [7, 11) is 0. The first kappa shape index (κ1) is 32.8. The van der Waals surface area contributed by atoms with Crippen LogP contribution in [0.4, 0.5) is 0 Å². The largest absolute Gasteiger partial charge is 0.354 e. The summed E-state index contributed by atoms with van der Waals surface area (Å²) < 4.78 is 1.75. The van der Waals surface area contributed by atoms with E-state index in [2.05, 4.69) is 76.8 Å². The molecule has 1 fully saturated rings. The molecule has 5 nitrogen and oxygen atoms in total. The molecule has 1 aliphatic rings. The van der Waals surface area contributed by atoms with E-state index in [1.54, 1.807) is 4.57 Å². The summed E-state index contributed by atoms with van der Waals surface area (Å²) in [5, 5.41) is 1.08. The van der Waals surface area contributed by atoms with Gasteiger partial charge in [0.25, 0.3) is 0 Å². The molecule has 1 aliphatic carbocycles. The second-order valence-corrected chi connectivity index (χ2v) is 12.8. The highest BCUT2D eigenvalue weighted by molar-refractivity contribution is 5.89. The molecule has 0 aliphatic heterocycles. The molecule has 2 atom stereocenters. The number of benzene rings is 2. The van der Waals surface area contributed by atoms with Crippen molar-refractivity contribution in [3.63, 3.8) is 0 Å². The number of hydrogen-bond donors (Lipinski definition) is 0. The zero-order chi connectivity index (χ0) is 31.9. The van der Waals surface area contributed by atoms with Gasteiger partial charge in [-0.2, -0.15) is 4.98 Å². The summed E-state index contributed by atoms with van der Waals surface area (Å²) in [5.74, 6) is 1.32. The van der Waals surface area contributed by atoms with Crippen LogP contribution in [-0.2, 0) is 25.8 Å². The van der Waals surface area contributed by atoms with Crippen LogP contribution in [0, 0.1) is 18.8 Å². The molecular formula is C40H52N4O. The van der Waals surface area contributed by atoms with Crippen molar-refractivity contribution in [1.29, 1.82) is 0 Å². The second-order valence-electron chi connectivity index (χ2n) is 12.8. The summed E-state index contributed by atoms with van der Waals surface area (Å²) >= 11 is 0. The Morgan fingerprint density at radius 2 is 1.67 bits per heavy atom. The molecular weight excluding hydrogens is 552 g/mol. The summed E-state index contributed by atoms with van der Waals surface area (Å²) in [6.07, 6.45) is 10.9.